The summed E-state index contributed by atoms with van der Waals surface area (Å²) in [7, 11) is 0. The van der Waals surface area contributed by atoms with E-state index in [1.165, 1.54) is 0 Å². The lowest BCUT2D eigenvalue weighted by Gasteiger charge is -2.09. The summed E-state index contributed by atoms with van der Waals surface area (Å²) in [4.78, 5) is 0. The van der Waals surface area contributed by atoms with Crippen molar-refractivity contribution >= 4 is 11.4 Å². The molecule has 1 aromatic heterocycles. The number of hydrogen-bond acceptors (Lipinski definition) is 3. The van der Waals surface area contributed by atoms with Gasteiger partial charge >= 0.3 is 0 Å². The van der Waals surface area contributed by atoms with E-state index in [9.17, 15) is 0 Å². The number of aryl methyl sites for hydroxylation is 1. The number of rotatable bonds is 3. The number of para-hydroxylation sites is 1. The number of nitriles is 1. The zero-order valence-electron chi connectivity index (χ0n) is 10.8. The molecule has 2 aromatic rings. The third-order valence-electron chi connectivity index (χ3n) is 2.79. The van der Waals surface area contributed by atoms with Crippen LogP contribution in [0.3, 0.4) is 0 Å². The average molecular weight is 240 g/mol. The number of aromatic nitrogens is 2. The molecule has 4 nitrogen and oxygen atoms in total. The second-order valence-corrected chi connectivity index (χ2v) is 4.54. The van der Waals surface area contributed by atoms with Crippen LogP contribution in [0.2, 0.25) is 0 Å². The number of nitrogens with one attached hydrogen (secondary N) is 1. The second-order valence-electron chi connectivity index (χ2n) is 4.54. The molecule has 18 heavy (non-hydrogen) atoms. The smallest absolute Gasteiger partial charge is 0.101 e. The van der Waals surface area contributed by atoms with Crippen LogP contribution in [0.4, 0.5) is 11.4 Å². The summed E-state index contributed by atoms with van der Waals surface area (Å²) < 4.78 is 1.88. The molecule has 4 heteroatoms. The Labute approximate surface area is 107 Å². The Balaban J connectivity index is 2.31. The summed E-state index contributed by atoms with van der Waals surface area (Å²) in [6.45, 7) is 6.13. The summed E-state index contributed by atoms with van der Waals surface area (Å²) in [5.41, 5.74) is 3.44. The summed E-state index contributed by atoms with van der Waals surface area (Å²) in [6.07, 6.45) is 3.71. The largest absolute Gasteiger partial charge is 0.352 e. The van der Waals surface area contributed by atoms with Gasteiger partial charge in [-0.15, -0.1) is 0 Å². The lowest BCUT2D eigenvalue weighted by atomic mass is 10.1. The minimum Gasteiger partial charge on any atom is -0.352 e. The van der Waals surface area contributed by atoms with E-state index in [1.54, 1.807) is 6.20 Å². The molecular formula is C14H16N4. The van der Waals surface area contributed by atoms with Crippen LogP contribution in [0.1, 0.15) is 31.0 Å². The Kier molecular flexibility index (Phi) is 3.33. The molecule has 0 aliphatic carbocycles. The van der Waals surface area contributed by atoms with Gasteiger partial charge in [0.15, 0.2) is 0 Å². The predicted molar refractivity (Wildman–Crippen MR) is 71.8 cm³/mol. The van der Waals surface area contributed by atoms with Crippen molar-refractivity contribution in [2.45, 2.75) is 26.8 Å². The molecule has 0 atom stereocenters. The van der Waals surface area contributed by atoms with Gasteiger partial charge < -0.3 is 5.32 Å². The molecule has 0 saturated carbocycles. The van der Waals surface area contributed by atoms with Crippen LogP contribution in [-0.2, 0) is 0 Å². The van der Waals surface area contributed by atoms with E-state index in [-0.39, 0.29) is 0 Å². The quantitative estimate of drug-likeness (QED) is 0.894. The predicted octanol–water partition coefficient (Wildman–Crippen LogP) is 3.39. The number of benzene rings is 1. The Morgan fingerprint density at radius 1 is 1.39 bits per heavy atom. The van der Waals surface area contributed by atoms with Crippen LogP contribution < -0.4 is 5.32 Å². The van der Waals surface area contributed by atoms with Gasteiger partial charge in [0.05, 0.1) is 23.1 Å². The van der Waals surface area contributed by atoms with E-state index in [0.717, 1.165) is 16.9 Å². The molecule has 0 saturated heterocycles. The molecule has 1 aromatic carbocycles. The summed E-state index contributed by atoms with van der Waals surface area (Å²) in [5, 5.41) is 16.6. The molecule has 1 heterocycles. The topological polar surface area (TPSA) is 53.6 Å². The van der Waals surface area contributed by atoms with Crippen LogP contribution >= 0.6 is 0 Å². The molecule has 0 spiro atoms. The minimum absolute atomic E-state index is 0.327. The summed E-state index contributed by atoms with van der Waals surface area (Å²) in [6, 6.07) is 8.20. The van der Waals surface area contributed by atoms with Gasteiger partial charge in [-0.2, -0.15) is 10.4 Å². The van der Waals surface area contributed by atoms with Gasteiger partial charge in [0, 0.05) is 12.2 Å². The number of nitrogens with zero attached hydrogens (tertiary/aromatic N) is 3. The van der Waals surface area contributed by atoms with Crippen molar-refractivity contribution in [3.63, 3.8) is 0 Å². The lowest BCUT2D eigenvalue weighted by Crippen LogP contribution is -2.00. The van der Waals surface area contributed by atoms with Gasteiger partial charge in [-0.25, -0.2) is 0 Å². The molecule has 0 bridgehead atoms. The highest BCUT2D eigenvalue weighted by Crippen LogP contribution is 2.24. The van der Waals surface area contributed by atoms with Crippen molar-refractivity contribution in [2.75, 3.05) is 5.32 Å². The molecular weight excluding hydrogens is 224 g/mol. The minimum atomic E-state index is 0.327. The van der Waals surface area contributed by atoms with Gasteiger partial charge in [-0.1, -0.05) is 12.1 Å². The lowest BCUT2D eigenvalue weighted by molar-refractivity contribution is 0.532. The van der Waals surface area contributed by atoms with Gasteiger partial charge in [0.25, 0.3) is 0 Å². The zero-order valence-corrected chi connectivity index (χ0v) is 10.8. The normalized spacial score (nSPS) is 10.4. The van der Waals surface area contributed by atoms with E-state index >= 15 is 0 Å². The SMILES string of the molecule is Cc1cccc(C#N)c1Nc1cnn(C(C)C)c1. The molecule has 0 aliphatic heterocycles. The first kappa shape index (κ1) is 12.2. The molecule has 0 radical (unpaired) electrons. The first-order valence-corrected chi connectivity index (χ1v) is 5.92. The molecule has 92 valence electrons. The Morgan fingerprint density at radius 2 is 2.17 bits per heavy atom. The van der Waals surface area contributed by atoms with Crippen molar-refractivity contribution in [1.82, 2.24) is 9.78 Å². The fraction of sp³-hybridized carbons (Fsp3) is 0.286. The monoisotopic (exact) mass is 240 g/mol. The Morgan fingerprint density at radius 3 is 2.78 bits per heavy atom. The van der Waals surface area contributed by atoms with Gasteiger partial charge in [0.1, 0.15) is 6.07 Å². The molecule has 2 rings (SSSR count). The van der Waals surface area contributed by atoms with Crippen molar-refractivity contribution in [2.24, 2.45) is 0 Å². The number of hydrogen-bond donors (Lipinski definition) is 1. The van der Waals surface area contributed by atoms with Crippen molar-refractivity contribution in [3.05, 3.63) is 41.7 Å². The summed E-state index contributed by atoms with van der Waals surface area (Å²) in [5.74, 6) is 0. The third kappa shape index (κ3) is 2.35. The van der Waals surface area contributed by atoms with Gasteiger partial charge in [0.2, 0.25) is 0 Å². The van der Waals surface area contributed by atoms with Gasteiger partial charge in [-0.3, -0.25) is 4.68 Å². The maximum Gasteiger partial charge on any atom is 0.101 e. The highest BCUT2D eigenvalue weighted by atomic mass is 15.3. The standard InChI is InChI=1S/C14H16N4/c1-10(2)18-9-13(8-16-18)17-14-11(3)5-4-6-12(14)7-15/h4-6,8-10,17H,1-3H3. The Bertz CT molecular complexity index is 590. The highest BCUT2D eigenvalue weighted by molar-refractivity contribution is 5.69. The first-order chi connectivity index (χ1) is 8.61. The maximum atomic E-state index is 9.10. The van der Waals surface area contributed by atoms with Crippen molar-refractivity contribution in [1.29, 1.82) is 5.26 Å². The first-order valence-electron chi connectivity index (χ1n) is 5.92. The van der Waals surface area contributed by atoms with Crippen LogP contribution in [0.15, 0.2) is 30.6 Å². The summed E-state index contributed by atoms with van der Waals surface area (Å²) >= 11 is 0. The van der Waals surface area contributed by atoms with E-state index in [0.29, 0.717) is 11.6 Å². The van der Waals surface area contributed by atoms with Crippen LogP contribution in [0.5, 0.6) is 0 Å². The maximum absolute atomic E-state index is 9.10. The van der Waals surface area contributed by atoms with Crippen LogP contribution in [0, 0.1) is 18.3 Å². The van der Waals surface area contributed by atoms with E-state index < -0.39 is 0 Å². The molecule has 0 amide bonds. The average Bonchev–Trinajstić information content (AvgIpc) is 2.80. The zero-order chi connectivity index (χ0) is 13.1. The van der Waals surface area contributed by atoms with E-state index in [1.807, 2.05) is 36.0 Å². The molecule has 0 fully saturated rings. The van der Waals surface area contributed by atoms with E-state index in [2.05, 4.69) is 30.3 Å². The fourth-order valence-corrected chi connectivity index (χ4v) is 1.76. The van der Waals surface area contributed by atoms with Crippen molar-refractivity contribution in [3.8, 4) is 6.07 Å². The molecule has 0 unspecified atom stereocenters. The van der Waals surface area contributed by atoms with Gasteiger partial charge in [-0.05, 0) is 32.4 Å². The highest BCUT2D eigenvalue weighted by Gasteiger charge is 2.07. The second kappa shape index (κ2) is 4.92. The van der Waals surface area contributed by atoms with Crippen LogP contribution in [0.25, 0.3) is 0 Å². The number of anilines is 2. The van der Waals surface area contributed by atoms with Crippen LogP contribution in [-0.4, -0.2) is 9.78 Å². The molecule has 1 N–H and O–H groups in total. The Hall–Kier alpha value is -2.28. The molecule has 0 aliphatic rings. The third-order valence-corrected chi connectivity index (χ3v) is 2.79. The fourth-order valence-electron chi connectivity index (χ4n) is 1.76. The van der Waals surface area contributed by atoms with E-state index in [4.69, 9.17) is 5.26 Å². The van der Waals surface area contributed by atoms with Crippen molar-refractivity contribution < 1.29 is 0 Å².